The summed E-state index contributed by atoms with van der Waals surface area (Å²) >= 11 is 12.2. The lowest BCUT2D eigenvalue weighted by Crippen LogP contribution is -2.34. The predicted octanol–water partition coefficient (Wildman–Crippen LogP) is 3.88. The maximum atomic E-state index is 13.4. The molecule has 2 amide bonds. The Balaban J connectivity index is 1.60. The summed E-state index contributed by atoms with van der Waals surface area (Å²) < 4.78 is 20.0. The molecule has 4 rings (SSSR count). The van der Waals surface area contributed by atoms with Gasteiger partial charge in [0.15, 0.2) is 5.82 Å². The fraction of sp³-hybridized carbons (Fsp3) is 0.286. The van der Waals surface area contributed by atoms with Crippen molar-refractivity contribution in [2.75, 3.05) is 5.32 Å². The van der Waals surface area contributed by atoms with Crippen LogP contribution in [0.3, 0.4) is 0 Å². The van der Waals surface area contributed by atoms with Gasteiger partial charge >= 0.3 is 0 Å². The molecule has 0 saturated carbocycles. The van der Waals surface area contributed by atoms with E-state index in [-0.39, 0.29) is 32.9 Å². The number of hydrogen-bond acceptors (Lipinski definition) is 6. The third-order valence-corrected chi connectivity index (χ3v) is 5.85. The summed E-state index contributed by atoms with van der Waals surface area (Å²) in [6.45, 7) is 3.65. The van der Waals surface area contributed by atoms with E-state index in [2.05, 4.69) is 20.8 Å². The Bertz CT molecular complexity index is 1290. The molecule has 33 heavy (non-hydrogen) atoms. The molecular formula is C21H18Cl2FN5O4. The SMILES string of the molecule is Cc1noc([C@H](C)NC(=O)C(=O)c2c(Cl)c(C(=O)Nc3ccc(F)c(Cl)c3)c3n2CCC3)n1. The summed E-state index contributed by atoms with van der Waals surface area (Å²) in [4.78, 5) is 42.7. The molecule has 1 aromatic carbocycles. The van der Waals surface area contributed by atoms with Crippen molar-refractivity contribution in [1.82, 2.24) is 20.0 Å². The molecular weight excluding hydrogens is 476 g/mol. The highest BCUT2D eigenvalue weighted by Gasteiger charge is 2.35. The van der Waals surface area contributed by atoms with Gasteiger partial charge in [0, 0.05) is 17.9 Å². The highest BCUT2D eigenvalue weighted by molar-refractivity contribution is 6.48. The van der Waals surface area contributed by atoms with E-state index in [0.717, 1.165) is 6.07 Å². The zero-order valence-corrected chi connectivity index (χ0v) is 19.1. The van der Waals surface area contributed by atoms with E-state index in [9.17, 15) is 18.8 Å². The van der Waals surface area contributed by atoms with Crippen LogP contribution in [0.1, 0.15) is 57.6 Å². The minimum absolute atomic E-state index is 0.0714. The molecule has 172 valence electrons. The summed E-state index contributed by atoms with van der Waals surface area (Å²) in [6.07, 6.45) is 1.17. The Hall–Kier alpha value is -3.24. The van der Waals surface area contributed by atoms with Crippen molar-refractivity contribution in [3.63, 3.8) is 0 Å². The molecule has 0 radical (unpaired) electrons. The summed E-state index contributed by atoms with van der Waals surface area (Å²) in [6, 6.07) is 3.03. The molecule has 9 nitrogen and oxygen atoms in total. The van der Waals surface area contributed by atoms with Crippen LogP contribution in [0.4, 0.5) is 10.1 Å². The zero-order valence-electron chi connectivity index (χ0n) is 17.5. The van der Waals surface area contributed by atoms with Crippen molar-refractivity contribution in [3.8, 4) is 0 Å². The van der Waals surface area contributed by atoms with Crippen LogP contribution in [-0.4, -0.2) is 32.3 Å². The molecule has 1 aliphatic rings. The van der Waals surface area contributed by atoms with Gasteiger partial charge in [-0.05, 0) is 44.9 Å². The number of anilines is 1. The molecule has 3 aromatic rings. The summed E-state index contributed by atoms with van der Waals surface area (Å²) in [7, 11) is 0. The molecule has 0 saturated heterocycles. The van der Waals surface area contributed by atoms with Crippen molar-refractivity contribution in [2.45, 2.75) is 39.3 Å². The number of Topliss-reactive ketones (excluding diaryl/α,β-unsaturated/α-hetero) is 1. The van der Waals surface area contributed by atoms with Crippen molar-refractivity contribution >= 4 is 46.5 Å². The second-order valence-corrected chi connectivity index (χ2v) is 8.31. The van der Waals surface area contributed by atoms with E-state index < -0.39 is 29.5 Å². The monoisotopic (exact) mass is 493 g/mol. The molecule has 0 unspecified atom stereocenters. The Morgan fingerprint density at radius 1 is 1.27 bits per heavy atom. The normalized spacial score (nSPS) is 13.5. The molecule has 0 aliphatic carbocycles. The lowest BCUT2D eigenvalue weighted by atomic mass is 10.1. The van der Waals surface area contributed by atoms with Crippen LogP contribution < -0.4 is 10.6 Å². The van der Waals surface area contributed by atoms with Crippen molar-refractivity contribution in [2.24, 2.45) is 0 Å². The lowest BCUT2D eigenvalue weighted by Gasteiger charge is -2.10. The number of aryl methyl sites for hydroxylation is 1. The van der Waals surface area contributed by atoms with Gasteiger partial charge in [0.05, 0.1) is 15.6 Å². The van der Waals surface area contributed by atoms with Gasteiger partial charge in [0.2, 0.25) is 5.89 Å². The van der Waals surface area contributed by atoms with Crippen LogP contribution in [0.2, 0.25) is 10.0 Å². The van der Waals surface area contributed by atoms with Gasteiger partial charge in [-0.3, -0.25) is 14.4 Å². The largest absolute Gasteiger partial charge is 0.340 e. The topological polar surface area (TPSA) is 119 Å². The first-order valence-corrected chi connectivity index (χ1v) is 10.8. The number of rotatable bonds is 6. The zero-order chi connectivity index (χ0) is 23.9. The number of nitrogens with one attached hydrogen (secondary N) is 2. The molecule has 1 aliphatic heterocycles. The number of amides is 2. The van der Waals surface area contributed by atoms with Gasteiger partial charge < -0.3 is 19.7 Å². The number of fused-ring (bicyclic) bond motifs is 1. The molecule has 0 bridgehead atoms. The van der Waals surface area contributed by atoms with Gasteiger partial charge in [-0.15, -0.1) is 0 Å². The van der Waals surface area contributed by atoms with Crippen LogP contribution in [0, 0.1) is 12.7 Å². The quantitative estimate of drug-likeness (QED) is 0.397. The summed E-state index contributed by atoms with van der Waals surface area (Å²) in [5.74, 6) is -2.50. The molecule has 3 heterocycles. The second kappa shape index (κ2) is 8.95. The van der Waals surface area contributed by atoms with E-state index >= 15 is 0 Å². The number of ketones is 1. The van der Waals surface area contributed by atoms with E-state index in [1.54, 1.807) is 18.4 Å². The fourth-order valence-corrected chi connectivity index (χ4v) is 4.25. The lowest BCUT2D eigenvalue weighted by molar-refractivity contribution is -0.117. The first kappa shape index (κ1) is 22.9. The standard InChI is InChI=1S/C21H18Cl2FN5O4/c1-9(21-26-10(2)28-33-21)25-20(32)18(30)17-16(23)15(14-4-3-7-29(14)17)19(31)27-11-5-6-13(24)12(22)8-11/h5-6,8-9H,3-4,7H2,1-2H3,(H,25,32)(H,27,31)/t9-/m0/s1. The van der Waals surface area contributed by atoms with E-state index in [4.69, 9.17) is 27.7 Å². The van der Waals surface area contributed by atoms with Crippen molar-refractivity contribution in [3.05, 3.63) is 62.7 Å². The first-order valence-electron chi connectivity index (χ1n) is 10.00. The van der Waals surface area contributed by atoms with Crippen LogP contribution >= 0.6 is 23.2 Å². The number of halogens is 3. The predicted molar refractivity (Wildman–Crippen MR) is 117 cm³/mol. The smallest absolute Gasteiger partial charge is 0.294 e. The Morgan fingerprint density at radius 2 is 2.03 bits per heavy atom. The second-order valence-electron chi connectivity index (χ2n) is 7.53. The highest BCUT2D eigenvalue weighted by atomic mass is 35.5. The third-order valence-electron chi connectivity index (χ3n) is 5.19. The van der Waals surface area contributed by atoms with Gasteiger partial charge in [-0.25, -0.2) is 4.39 Å². The van der Waals surface area contributed by atoms with E-state index in [1.165, 1.54) is 12.1 Å². The highest BCUT2D eigenvalue weighted by Crippen LogP contribution is 2.34. The summed E-state index contributed by atoms with van der Waals surface area (Å²) in [5.41, 5.74) is 0.821. The number of aromatic nitrogens is 3. The Labute approximate surface area is 197 Å². The van der Waals surface area contributed by atoms with E-state index in [0.29, 0.717) is 30.9 Å². The first-order chi connectivity index (χ1) is 15.7. The number of carbonyl (C=O) groups is 3. The number of hydrogen-bond donors (Lipinski definition) is 2. The van der Waals surface area contributed by atoms with E-state index in [1.807, 2.05) is 0 Å². The minimum Gasteiger partial charge on any atom is -0.340 e. The average Bonchev–Trinajstić information content (AvgIpc) is 3.46. The van der Waals surface area contributed by atoms with Crippen LogP contribution in [0.25, 0.3) is 0 Å². The van der Waals surface area contributed by atoms with Crippen LogP contribution in [0.5, 0.6) is 0 Å². The number of carbonyl (C=O) groups excluding carboxylic acids is 3. The van der Waals surface area contributed by atoms with Crippen molar-refractivity contribution < 1.29 is 23.3 Å². The van der Waals surface area contributed by atoms with Gasteiger partial charge in [-0.2, -0.15) is 4.98 Å². The molecule has 0 fully saturated rings. The maximum absolute atomic E-state index is 13.4. The maximum Gasteiger partial charge on any atom is 0.294 e. The average molecular weight is 494 g/mol. The van der Waals surface area contributed by atoms with Crippen LogP contribution in [0.15, 0.2) is 22.7 Å². The van der Waals surface area contributed by atoms with Gasteiger partial charge in [0.1, 0.15) is 17.6 Å². The molecule has 2 aromatic heterocycles. The fourth-order valence-electron chi connectivity index (χ4n) is 3.69. The molecule has 2 N–H and O–H groups in total. The molecule has 1 atom stereocenters. The Kier molecular flexibility index (Phi) is 6.22. The summed E-state index contributed by atoms with van der Waals surface area (Å²) in [5, 5.41) is 8.49. The van der Waals surface area contributed by atoms with Crippen LogP contribution in [-0.2, 0) is 17.8 Å². The number of nitrogens with zero attached hydrogens (tertiary/aromatic N) is 3. The minimum atomic E-state index is -0.926. The van der Waals surface area contributed by atoms with Crippen molar-refractivity contribution in [1.29, 1.82) is 0 Å². The van der Waals surface area contributed by atoms with Gasteiger partial charge in [-0.1, -0.05) is 28.4 Å². The molecule has 12 heteroatoms. The van der Waals surface area contributed by atoms with Gasteiger partial charge in [0.25, 0.3) is 17.6 Å². The Morgan fingerprint density at radius 3 is 2.70 bits per heavy atom. The molecule has 0 spiro atoms. The number of benzene rings is 1. The third kappa shape index (κ3) is 4.36.